The highest BCUT2D eigenvalue weighted by molar-refractivity contribution is 6.05. The predicted molar refractivity (Wildman–Crippen MR) is 152 cm³/mol. The lowest BCUT2D eigenvalue weighted by Gasteiger charge is -2.27. The molecule has 0 radical (unpaired) electrons. The monoisotopic (exact) mass is 554 g/mol. The van der Waals surface area contributed by atoms with E-state index in [1.807, 2.05) is 54.2 Å². The fourth-order valence-electron chi connectivity index (χ4n) is 4.68. The van der Waals surface area contributed by atoms with Crippen molar-refractivity contribution in [3.8, 4) is 22.9 Å². The molecule has 7 nitrogen and oxygen atoms in total. The maximum absolute atomic E-state index is 16.2. The van der Waals surface area contributed by atoms with E-state index < -0.39 is 23.4 Å². The van der Waals surface area contributed by atoms with E-state index in [9.17, 15) is 14.4 Å². The number of halogens is 3. The van der Waals surface area contributed by atoms with Crippen LogP contribution in [0.5, 0.6) is 0 Å². The van der Waals surface area contributed by atoms with Crippen LogP contribution in [0.2, 0.25) is 0 Å². The number of carbonyl (C=O) groups excluding carboxylic acids is 1. The Bertz CT molecular complexity index is 1810. The number of likely N-dealkylation sites (N-methyl/N-ethyl adjacent to an activating group) is 1. The van der Waals surface area contributed by atoms with Crippen LogP contribution in [0.15, 0.2) is 78.9 Å². The van der Waals surface area contributed by atoms with Crippen LogP contribution in [0.3, 0.4) is 0 Å². The largest absolute Gasteiger partial charge is 0.364 e. The minimum Gasteiger partial charge on any atom is -0.364 e. The van der Waals surface area contributed by atoms with E-state index in [-0.39, 0.29) is 39.0 Å². The van der Waals surface area contributed by atoms with Crippen LogP contribution < -0.4 is 10.6 Å². The van der Waals surface area contributed by atoms with E-state index in [1.54, 1.807) is 12.1 Å². The van der Waals surface area contributed by atoms with Crippen molar-refractivity contribution in [3.63, 3.8) is 0 Å². The molecule has 206 valence electrons. The molecule has 0 fully saturated rings. The number of benzene rings is 4. The molecule has 0 spiro atoms. The molecule has 0 unspecified atom stereocenters. The summed E-state index contributed by atoms with van der Waals surface area (Å²) in [5, 5.41) is 13.5. The maximum atomic E-state index is 16.2. The highest BCUT2D eigenvalue weighted by Gasteiger charge is 2.24. The van der Waals surface area contributed by atoms with Crippen molar-refractivity contribution in [2.75, 3.05) is 32.1 Å². The lowest BCUT2D eigenvalue weighted by Crippen LogP contribution is -2.28. The van der Waals surface area contributed by atoms with E-state index in [2.05, 4.69) is 5.10 Å². The lowest BCUT2D eigenvalue weighted by molar-refractivity contribution is 0.0996. The molecular formula is C31H25F3N6O. The van der Waals surface area contributed by atoms with Crippen LogP contribution in [-0.4, -0.2) is 47.8 Å². The van der Waals surface area contributed by atoms with Crippen molar-refractivity contribution in [2.24, 2.45) is 5.73 Å². The smallest absolute Gasteiger partial charge is 0.269 e. The summed E-state index contributed by atoms with van der Waals surface area (Å²) in [6, 6.07) is 22.2. The van der Waals surface area contributed by atoms with Gasteiger partial charge in [-0.25, -0.2) is 17.9 Å². The number of carbonyl (C=O) groups is 1. The van der Waals surface area contributed by atoms with Crippen molar-refractivity contribution in [2.45, 2.75) is 0 Å². The van der Waals surface area contributed by atoms with Crippen molar-refractivity contribution in [1.29, 1.82) is 5.26 Å². The Labute approximate surface area is 234 Å². The molecule has 41 heavy (non-hydrogen) atoms. The predicted octanol–water partition coefficient (Wildman–Crippen LogP) is 5.78. The van der Waals surface area contributed by atoms with Gasteiger partial charge in [0.25, 0.3) is 5.91 Å². The van der Waals surface area contributed by atoms with Crippen molar-refractivity contribution in [1.82, 2.24) is 14.7 Å². The van der Waals surface area contributed by atoms with Gasteiger partial charge in [0, 0.05) is 41.0 Å². The molecule has 1 heterocycles. The van der Waals surface area contributed by atoms with E-state index in [0.717, 1.165) is 16.4 Å². The van der Waals surface area contributed by atoms with Gasteiger partial charge in [-0.05, 0) is 68.7 Å². The lowest BCUT2D eigenvalue weighted by atomic mass is 10.0. The van der Waals surface area contributed by atoms with Gasteiger partial charge in [-0.1, -0.05) is 24.3 Å². The second-order valence-electron chi connectivity index (χ2n) is 9.68. The van der Waals surface area contributed by atoms with Gasteiger partial charge in [-0.15, -0.1) is 0 Å². The molecule has 0 saturated carbocycles. The quantitative estimate of drug-likeness (QED) is 0.263. The number of primary amides is 1. The number of hydrogen-bond acceptors (Lipinski definition) is 5. The molecule has 1 aromatic heterocycles. The molecule has 0 aliphatic rings. The summed E-state index contributed by atoms with van der Waals surface area (Å²) in [7, 11) is 3.90. The average Bonchev–Trinajstić information content (AvgIpc) is 3.35. The first kappa shape index (κ1) is 27.4. The minimum atomic E-state index is -0.905. The normalized spacial score (nSPS) is 11.1. The topological polar surface area (TPSA) is 91.2 Å². The summed E-state index contributed by atoms with van der Waals surface area (Å²) >= 11 is 0. The fraction of sp³-hybridized carbons (Fsp3) is 0.129. The number of anilines is 2. The van der Waals surface area contributed by atoms with Gasteiger partial charge in [0.05, 0.1) is 11.3 Å². The summed E-state index contributed by atoms with van der Waals surface area (Å²) < 4.78 is 47.0. The zero-order valence-electron chi connectivity index (χ0n) is 22.3. The minimum absolute atomic E-state index is 0.000957. The fourth-order valence-corrected chi connectivity index (χ4v) is 4.68. The summed E-state index contributed by atoms with van der Waals surface area (Å²) in [6.07, 6.45) is 0. The highest BCUT2D eigenvalue weighted by Crippen LogP contribution is 2.36. The van der Waals surface area contributed by atoms with Crippen LogP contribution in [0, 0.1) is 28.8 Å². The van der Waals surface area contributed by atoms with Crippen LogP contribution in [-0.2, 0) is 0 Å². The van der Waals surface area contributed by atoms with Crippen LogP contribution in [0.1, 0.15) is 16.1 Å². The molecule has 0 aliphatic heterocycles. The Kier molecular flexibility index (Phi) is 7.46. The highest BCUT2D eigenvalue weighted by atomic mass is 19.1. The summed E-state index contributed by atoms with van der Waals surface area (Å²) in [6.45, 7) is 1.31. The first-order chi connectivity index (χ1) is 19.7. The summed E-state index contributed by atoms with van der Waals surface area (Å²) in [4.78, 5) is 16.1. The van der Waals surface area contributed by atoms with Crippen LogP contribution in [0.25, 0.3) is 27.7 Å². The van der Waals surface area contributed by atoms with Gasteiger partial charge in [-0.3, -0.25) is 4.79 Å². The van der Waals surface area contributed by atoms with Gasteiger partial charge in [-0.2, -0.15) is 10.4 Å². The Morgan fingerprint density at radius 3 is 2.29 bits per heavy atom. The molecule has 4 aromatic carbocycles. The van der Waals surface area contributed by atoms with Gasteiger partial charge in [0.15, 0.2) is 11.5 Å². The number of rotatable bonds is 8. The Morgan fingerprint density at radius 2 is 1.63 bits per heavy atom. The molecular weight excluding hydrogens is 529 g/mol. The molecule has 0 bridgehead atoms. The van der Waals surface area contributed by atoms with Crippen LogP contribution >= 0.6 is 0 Å². The Morgan fingerprint density at radius 1 is 0.902 bits per heavy atom. The number of amides is 1. The zero-order chi connectivity index (χ0) is 29.3. The van der Waals surface area contributed by atoms with Gasteiger partial charge >= 0.3 is 0 Å². The van der Waals surface area contributed by atoms with Crippen molar-refractivity contribution in [3.05, 3.63) is 108 Å². The van der Waals surface area contributed by atoms with Gasteiger partial charge < -0.3 is 15.5 Å². The number of nitriles is 1. The Balaban J connectivity index is 1.64. The molecule has 10 heteroatoms. The number of fused-ring (bicyclic) bond motifs is 1. The number of hydrogen-bond donors (Lipinski definition) is 1. The van der Waals surface area contributed by atoms with E-state index >= 15 is 8.78 Å². The first-order valence-electron chi connectivity index (χ1n) is 12.7. The Hall–Kier alpha value is -5.14. The molecule has 1 amide bonds. The van der Waals surface area contributed by atoms with E-state index in [1.165, 1.54) is 36.4 Å². The third-order valence-electron chi connectivity index (χ3n) is 6.72. The van der Waals surface area contributed by atoms with Crippen molar-refractivity contribution >= 4 is 28.2 Å². The second kappa shape index (κ2) is 11.2. The number of nitrogens with two attached hydrogens (primary N) is 1. The molecule has 2 N–H and O–H groups in total. The van der Waals surface area contributed by atoms with E-state index in [0.29, 0.717) is 18.8 Å². The molecule has 5 rings (SSSR count). The standard InChI is InChI=1S/C31H25F3N6O/c1-38(2)14-15-39(20-6-4-3-5-7-20)21-8-10-23(27(33)17-21)24-11-12-25-29(31(36)41)37-40(30(25)28(24)34)22-9-13-26(32)19(16-22)18-35/h3-13,16-17H,14-15H2,1-2H3,(H2,36,41). The third kappa shape index (κ3) is 5.23. The molecule has 0 atom stereocenters. The number of nitrogens with zero attached hydrogens (tertiary/aromatic N) is 5. The zero-order valence-corrected chi connectivity index (χ0v) is 22.3. The molecule has 5 aromatic rings. The number of para-hydroxylation sites is 1. The van der Waals surface area contributed by atoms with Crippen LogP contribution in [0.4, 0.5) is 24.5 Å². The van der Waals surface area contributed by atoms with Gasteiger partial charge in [0.2, 0.25) is 0 Å². The maximum Gasteiger partial charge on any atom is 0.269 e. The van der Waals surface area contributed by atoms with Gasteiger partial charge in [0.1, 0.15) is 23.2 Å². The third-order valence-corrected chi connectivity index (χ3v) is 6.72. The summed E-state index contributed by atoms with van der Waals surface area (Å²) in [5.74, 6) is -3.18. The second-order valence-corrected chi connectivity index (χ2v) is 9.68. The first-order valence-corrected chi connectivity index (χ1v) is 12.7. The molecule has 0 saturated heterocycles. The SMILES string of the molecule is CN(C)CCN(c1ccccc1)c1ccc(-c2ccc3c(C(N)=O)nn(-c4ccc(F)c(C#N)c4)c3c2F)c(F)c1. The summed E-state index contributed by atoms with van der Waals surface area (Å²) in [5.41, 5.74) is 6.36. The number of aromatic nitrogens is 2. The van der Waals surface area contributed by atoms with Crippen molar-refractivity contribution < 1.29 is 18.0 Å². The molecule has 0 aliphatic carbocycles. The van der Waals surface area contributed by atoms with E-state index in [4.69, 9.17) is 5.73 Å². The average molecular weight is 555 g/mol.